The van der Waals surface area contributed by atoms with Gasteiger partial charge in [-0.25, -0.2) is 0 Å². The molecule has 0 bridgehead atoms. The summed E-state index contributed by atoms with van der Waals surface area (Å²) in [6.07, 6.45) is 3.89. The van der Waals surface area contributed by atoms with Crippen molar-refractivity contribution in [2.24, 2.45) is 0 Å². The van der Waals surface area contributed by atoms with E-state index in [0.29, 0.717) is 11.5 Å². The van der Waals surface area contributed by atoms with Gasteiger partial charge in [-0.15, -0.1) is 0 Å². The Morgan fingerprint density at radius 2 is 2.12 bits per heavy atom. The van der Waals surface area contributed by atoms with Crippen LogP contribution in [0.1, 0.15) is 30.9 Å². The first-order valence-electron chi connectivity index (χ1n) is 6.83. The molecule has 1 aromatic rings. The van der Waals surface area contributed by atoms with Crippen molar-refractivity contribution in [3.05, 3.63) is 35.4 Å². The van der Waals surface area contributed by atoms with Crippen molar-refractivity contribution in [3.63, 3.8) is 0 Å². The van der Waals surface area contributed by atoms with E-state index in [0.717, 1.165) is 19.6 Å². The van der Waals surface area contributed by atoms with E-state index in [2.05, 4.69) is 41.8 Å². The van der Waals surface area contributed by atoms with Crippen molar-refractivity contribution < 1.29 is 0 Å². The number of fused-ring (bicyclic) bond motifs is 1. The van der Waals surface area contributed by atoms with E-state index in [1.807, 2.05) is 0 Å². The molecule has 3 rings (SSSR count). The molecule has 0 amide bonds. The van der Waals surface area contributed by atoms with Gasteiger partial charge in [0.2, 0.25) is 0 Å². The summed E-state index contributed by atoms with van der Waals surface area (Å²) in [7, 11) is 0. The fraction of sp³-hybridized carbons (Fsp3) is 0.600. The maximum absolute atomic E-state index is 3.71. The Labute approximate surface area is 104 Å². The molecular formula is C15H22N2. The highest BCUT2D eigenvalue weighted by Crippen LogP contribution is 2.39. The largest absolute Gasteiger partial charge is 0.314 e. The van der Waals surface area contributed by atoms with Crippen LogP contribution in [0, 0.1) is 0 Å². The predicted molar refractivity (Wildman–Crippen MR) is 71.4 cm³/mol. The van der Waals surface area contributed by atoms with Crippen LogP contribution in [0.3, 0.4) is 0 Å². The van der Waals surface area contributed by atoms with E-state index < -0.39 is 0 Å². The van der Waals surface area contributed by atoms with E-state index in [4.69, 9.17) is 0 Å². The Balaban J connectivity index is 1.96. The van der Waals surface area contributed by atoms with E-state index in [9.17, 15) is 0 Å². The second-order valence-electron chi connectivity index (χ2n) is 5.64. The molecule has 1 saturated heterocycles. The third kappa shape index (κ3) is 1.90. The van der Waals surface area contributed by atoms with Crippen molar-refractivity contribution in [2.45, 2.75) is 37.6 Å². The first-order valence-corrected chi connectivity index (χ1v) is 6.83. The first-order chi connectivity index (χ1) is 8.31. The number of piperazine rings is 1. The van der Waals surface area contributed by atoms with Crippen molar-refractivity contribution in [3.8, 4) is 0 Å². The number of hydrogen-bond acceptors (Lipinski definition) is 2. The highest BCUT2D eigenvalue weighted by atomic mass is 15.1. The minimum absolute atomic E-state index is 0.308. The molecule has 2 N–H and O–H groups in total. The number of aryl methyl sites for hydroxylation is 1. The van der Waals surface area contributed by atoms with Crippen LogP contribution in [0.4, 0.5) is 0 Å². The molecule has 1 aromatic carbocycles. The lowest BCUT2D eigenvalue weighted by Crippen LogP contribution is -2.58. The van der Waals surface area contributed by atoms with Gasteiger partial charge in [-0.05, 0) is 30.4 Å². The zero-order chi connectivity index (χ0) is 11.7. The summed E-state index contributed by atoms with van der Waals surface area (Å²) in [5, 5.41) is 7.23. The molecule has 2 unspecified atom stereocenters. The molecule has 2 nitrogen and oxygen atoms in total. The van der Waals surface area contributed by atoms with Crippen LogP contribution < -0.4 is 10.6 Å². The van der Waals surface area contributed by atoms with Crippen LogP contribution in [0.5, 0.6) is 0 Å². The van der Waals surface area contributed by atoms with Gasteiger partial charge in [0, 0.05) is 31.1 Å². The van der Waals surface area contributed by atoms with Crippen LogP contribution in [0.2, 0.25) is 0 Å². The standard InChI is InChI=1S/C15H22N2/c1-15(14-11-16-9-10-17-14)8-4-6-12-5-2-3-7-13(12)15/h2-3,5,7,14,16-17H,4,6,8-11H2,1H3. The van der Waals surface area contributed by atoms with Crippen LogP contribution in [-0.4, -0.2) is 25.7 Å². The second-order valence-corrected chi connectivity index (χ2v) is 5.64. The van der Waals surface area contributed by atoms with Gasteiger partial charge in [0.15, 0.2) is 0 Å². The number of rotatable bonds is 1. The van der Waals surface area contributed by atoms with Crippen LogP contribution in [0.15, 0.2) is 24.3 Å². The molecule has 2 heteroatoms. The number of nitrogens with one attached hydrogen (secondary N) is 2. The molecule has 1 heterocycles. The average molecular weight is 230 g/mol. The van der Waals surface area contributed by atoms with Gasteiger partial charge >= 0.3 is 0 Å². The topological polar surface area (TPSA) is 24.1 Å². The lowest BCUT2D eigenvalue weighted by molar-refractivity contribution is 0.248. The second kappa shape index (κ2) is 4.43. The predicted octanol–water partition coefficient (Wildman–Crippen LogP) is 1.84. The van der Waals surface area contributed by atoms with E-state index in [-0.39, 0.29) is 0 Å². The highest BCUT2D eigenvalue weighted by molar-refractivity contribution is 5.38. The number of benzene rings is 1. The maximum atomic E-state index is 3.71. The zero-order valence-electron chi connectivity index (χ0n) is 10.6. The van der Waals surface area contributed by atoms with E-state index >= 15 is 0 Å². The van der Waals surface area contributed by atoms with Gasteiger partial charge in [0.25, 0.3) is 0 Å². The first kappa shape index (κ1) is 11.2. The third-order valence-corrected chi connectivity index (χ3v) is 4.58. The fourth-order valence-corrected chi connectivity index (χ4v) is 3.54. The molecule has 1 aliphatic heterocycles. The lowest BCUT2D eigenvalue weighted by Gasteiger charge is -2.44. The molecule has 92 valence electrons. The van der Waals surface area contributed by atoms with Crippen molar-refractivity contribution in [1.82, 2.24) is 10.6 Å². The van der Waals surface area contributed by atoms with Crippen molar-refractivity contribution >= 4 is 0 Å². The summed E-state index contributed by atoms with van der Waals surface area (Å²) in [6.45, 7) is 5.75. The molecule has 2 atom stereocenters. The zero-order valence-corrected chi connectivity index (χ0v) is 10.6. The molecule has 1 aliphatic carbocycles. The lowest BCUT2D eigenvalue weighted by atomic mass is 9.66. The average Bonchev–Trinajstić information content (AvgIpc) is 2.40. The molecule has 2 aliphatic rings. The Hall–Kier alpha value is -0.860. The maximum Gasteiger partial charge on any atom is 0.0287 e. The molecular weight excluding hydrogens is 208 g/mol. The Morgan fingerprint density at radius 1 is 1.24 bits per heavy atom. The highest BCUT2D eigenvalue weighted by Gasteiger charge is 2.39. The molecule has 1 fully saturated rings. The Bertz CT molecular complexity index is 396. The summed E-state index contributed by atoms with van der Waals surface area (Å²) < 4.78 is 0. The smallest absolute Gasteiger partial charge is 0.0287 e. The normalized spacial score (nSPS) is 33.1. The number of hydrogen-bond donors (Lipinski definition) is 2. The summed E-state index contributed by atoms with van der Waals surface area (Å²) in [6, 6.07) is 9.60. The van der Waals surface area contributed by atoms with Crippen molar-refractivity contribution in [1.29, 1.82) is 0 Å². The van der Waals surface area contributed by atoms with Gasteiger partial charge in [-0.2, -0.15) is 0 Å². The molecule has 0 spiro atoms. The Morgan fingerprint density at radius 3 is 2.94 bits per heavy atom. The van der Waals surface area contributed by atoms with E-state index in [1.54, 1.807) is 11.1 Å². The minimum atomic E-state index is 0.308. The summed E-state index contributed by atoms with van der Waals surface area (Å²) in [5.74, 6) is 0. The summed E-state index contributed by atoms with van der Waals surface area (Å²) in [5.41, 5.74) is 3.45. The Kier molecular flexibility index (Phi) is 2.93. The van der Waals surface area contributed by atoms with Gasteiger partial charge in [0.1, 0.15) is 0 Å². The molecule has 17 heavy (non-hydrogen) atoms. The van der Waals surface area contributed by atoms with E-state index in [1.165, 1.54) is 19.3 Å². The summed E-state index contributed by atoms with van der Waals surface area (Å²) in [4.78, 5) is 0. The van der Waals surface area contributed by atoms with Gasteiger partial charge in [0.05, 0.1) is 0 Å². The van der Waals surface area contributed by atoms with Gasteiger partial charge < -0.3 is 10.6 Å². The van der Waals surface area contributed by atoms with Crippen LogP contribution in [0.25, 0.3) is 0 Å². The SMILES string of the molecule is CC1(C2CNCCN2)CCCc2ccccc21. The third-order valence-electron chi connectivity index (χ3n) is 4.58. The van der Waals surface area contributed by atoms with Crippen LogP contribution >= 0.6 is 0 Å². The monoisotopic (exact) mass is 230 g/mol. The quantitative estimate of drug-likeness (QED) is 0.769. The van der Waals surface area contributed by atoms with Crippen LogP contribution in [-0.2, 0) is 11.8 Å². The molecule has 0 saturated carbocycles. The van der Waals surface area contributed by atoms with Crippen molar-refractivity contribution in [2.75, 3.05) is 19.6 Å². The molecule has 0 radical (unpaired) electrons. The summed E-state index contributed by atoms with van der Waals surface area (Å²) >= 11 is 0. The van der Waals surface area contributed by atoms with Gasteiger partial charge in [-0.1, -0.05) is 31.2 Å². The molecule has 0 aromatic heterocycles. The minimum Gasteiger partial charge on any atom is -0.314 e. The van der Waals surface area contributed by atoms with Gasteiger partial charge in [-0.3, -0.25) is 0 Å². The fourth-order valence-electron chi connectivity index (χ4n) is 3.54.